The zero-order valence-corrected chi connectivity index (χ0v) is 17.7. The molecule has 1 saturated heterocycles. The maximum absolute atomic E-state index is 13.8. The van der Waals surface area contributed by atoms with Gasteiger partial charge in [-0.3, -0.25) is 14.4 Å². The van der Waals surface area contributed by atoms with E-state index in [0.717, 1.165) is 31.7 Å². The summed E-state index contributed by atoms with van der Waals surface area (Å²) in [6, 6.07) is 2.94. The Morgan fingerprint density at radius 2 is 2.00 bits per heavy atom. The molecule has 5 rings (SSSR count). The van der Waals surface area contributed by atoms with Crippen molar-refractivity contribution < 1.29 is 28.2 Å². The quantitative estimate of drug-likeness (QED) is 0.733. The predicted octanol–water partition coefficient (Wildman–Crippen LogP) is 2.13. The number of ether oxygens (including phenoxy) is 1. The summed E-state index contributed by atoms with van der Waals surface area (Å²) >= 11 is 0. The number of hydrogen-bond donors (Lipinski definition) is 2. The SMILES string of the molecule is O=C(NCc1ccc(F)cc1F)c1cn2c(c(O)c1=O)C(=O)N1C(C2)OC[C@@H]2CCCC[C@@H]21. The van der Waals surface area contributed by atoms with Crippen LogP contribution in [-0.2, 0) is 17.8 Å². The molecule has 0 spiro atoms. The van der Waals surface area contributed by atoms with E-state index in [9.17, 15) is 28.3 Å². The topological polar surface area (TPSA) is 101 Å². The Morgan fingerprint density at radius 3 is 2.79 bits per heavy atom. The lowest BCUT2D eigenvalue weighted by Crippen LogP contribution is -2.61. The Morgan fingerprint density at radius 1 is 1.21 bits per heavy atom. The van der Waals surface area contributed by atoms with Crippen molar-refractivity contribution in [2.75, 3.05) is 6.61 Å². The fourth-order valence-electron chi connectivity index (χ4n) is 5.11. The molecule has 3 atom stereocenters. The highest BCUT2D eigenvalue weighted by Gasteiger charge is 2.46. The zero-order valence-electron chi connectivity index (χ0n) is 17.7. The van der Waals surface area contributed by atoms with Crippen LogP contribution in [0.25, 0.3) is 0 Å². The minimum atomic E-state index is -0.983. The summed E-state index contributed by atoms with van der Waals surface area (Å²) in [5.74, 6) is -3.47. The Hall–Kier alpha value is -3.27. The molecule has 3 aliphatic rings. The lowest BCUT2D eigenvalue weighted by Gasteiger charge is -2.50. The molecule has 2 N–H and O–H groups in total. The summed E-state index contributed by atoms with van der Waals surface area (Å²) in [5.41, 5.74) is -1.49. The number of benzene rings is 1. The summed E-state index contributed by atoms with van der Waals surface area (Å²) in [4.78, 5) is 40.3. The molecule has 1 unspecified atom stereocenters. The maximum atomic E-state index is 13.8. The number of nitrogens with one attached hydrogen (secondary N) is 1. The Labute approximate surface area is 187 Å². The highest BCUT2D eigenvalue weighted by molar-refractivity contribution is 5.99. The molecule has 33 heavy (non-hydrogen) atoms. The van der Waals surface area contributed by atoms with Crippen LogP contribution < -0.4 is 10.7 Å². The van der Waals surface area contributed by atoms with E-state index in [-0.39, 0.29) is 41.9 Å². The molecule has 174 valence electrons. The normalized spacial score (nSPS) is 24.0. The van der Waals surface area contributed by atoms with Gasteiger partial charge in [-0.15, -0.1) is 0 Å². The van der Waals surface area contributed by atoms with Crippen LogP contribution in [0.4, 0.5) is 8.78 Å². The molecule has 1 aliphatic carbocycles. The van der Waals surface area contributed by atoms with Crippen molar-refractivity contribution >= 4 is 11.8 Å². The second kappa shape index (κ2) is 8.26. The molecule has 1 saturated carbocycles. The molecule has 3 heterocycles. The number of carbonyl (C=O) groups is 2. The third kappa shape index (κ3) is 3.68. The summed E-state index contributed by atoms with van der Waals surface area (Å²) in [6.45, 7) is 0.427. The van der Waals surface area contributed by atoms with Crippen molar-refractivity contribution in [2.45, 2.75) is 51.0 Å². The number of aromatic hydroxyl groups is 1. The van der Waals surface area contributed by atoms with E-state index in [1.165, 1.54) is 16.8 Å². The summed E-state index contributed by atoms with van der Waals surface area (Å²) in [7, 11) is 0. The van der Waals surface area contributed by atoms with Crippen molar-refractivity contribution in [2.24, 2.45) is 5.92 Å². The number of hydrogen-bond acceptors (Lipinski definition) is 5. The van der Waals surface area contributed by atoms with Crippen molar-refractivity contribution in [3.05, 3.63) is 63.1 Å². The third-order valence-electron chi connectivity index (χ3n) is 6.78. The minimum Gasteiger partial charge on any atom is -0.503 e. The van der Waals surface area contributed by atoms with Crippen LogP contribution in [0.3, 0.4) is 0 Å². The van der Waals surface area contributed by atoms with Crippen molar-refractivity contribution in [3.8, 4) is 5.75 Å². The van der Waals surface area contributed by atoms with Gasteiger partial charge in [0.15, 0.2) is 17.7 Å². The van der Waals surface area contributed by atoms with Crippen LogP contribution in [0.2, 0.25) is 0 Å². The first kappa shape index (κ1) is 21.6. The van der Waals surface area contributed by atoms with E-state index in [4.69, 9.17) is 4.74 Å². The van der Waals surface area contributed by atoms with Gasteiger partial charge >= 0.3 is 0 Å². The van der Waals surface area contributed by atoms with Crippen LogP contribution in [0, 0.1) is 17.6 Å². The average molecular weight is 459 g/mol. The number of carbonyl (C=O) groups excluding carboxylic acids is 2. The molecule has 0 bridgehead atoms. The standard InChI is InChI=1S/C23H23F2N3O5/c24-14-6-5-12(16(25)7-14)8-26-22(31)15-9-27-10-18-28(23(32)19(27)21(30)20(15)29)17-4-2-1-3-13(17)11-33-18/h5-7,9,13,17-18,30H,1-4,8,10-11H2,(H,26,31)/t13-,17-,18?/m0/s1. The number of aromatic nitrogens is 1. The number of halogens is 2. The molecular weight excluding hydrogens is 436 g/mol. The highest BCUT2D eigenvalue weighted by Crippen LogP contribution is 2.38. The summed E-state index contributed by atoms with van der Waals surface area (Å²) in [6.07, 6.45) is 4.58. The molecule has 2 aliphatic heterocycles. The second-order valence-electron chi connectivity index (χ2n) is 8.75. The van der Waals surface area contributed by atoms with Crippen molar-refractivity contribution in [1.82, 2.24) is 14.8 Å². The van der Waals surface area contributed by atoms with Gasteiger partial charge in [0, 0.05) is 36.3 Å². The number of amides is 2. The monoisotopic (exact) mass is 459 g/mol. The zero-order chi connectivity index (χ0) is 23.3. The van der Waals surface area contributed by atoms with Gasteiger partial charge in [-0.1, -0.05) is 18.9 Å². The van der Waals surface area contributed by atoms with Gasteiger partial charge in [-0.25, -0.2) is 8.78 Å². The molecule has 0 radical (unpaired) electrons. The van der Waals surface area contributed by atoms with Gasteiger partial charge in [0.2, 0.25) is 5.43 Å². The number of fused-ring (bicyclic) bond motifs is 4. The third-order valence-corrected chi connectivity index (χ3v) is 6.78. The lowest BCUT2D eigenvalue weighted by molar-refractivity contribution is -0.149. The molecule has 1 aromatic carbocycles. The average Bonchev–Trinajstić information content (AvgIpc) is 2.80. The lowest BCUT2D eigenvalue weighted by atomic mass is 9.82. The van der Waals surface area contributed by atoms with Gasteiger partial charge in [0.25, 0.3) is 11.8 Å². The molecule has 1 aromatic heterocycles. The number of nitrogens with zero attached hydrogens (tertiary/aromatic N) is 2. The number of rotatable bonds is 3. The Kier molecular flexibility index (Phi) is 5.40. The highest BCUT2D eigenvalue weighted by atomic mass is 19.1. The van der Waals surface area contributed by atoms with Gasteiger partial charge in [0.05, 0.1) is 13.2 Å². The van der Waals surface area contributed by atoms with E-state index >= 15 is 0 Å². The predicted molar refractivity (Wildman–Crippen MR) is 112 cm³/mol. The Balaban J connectivity index is 1.42. The van der Waals surface area contributed by atoms with Gasteiger partial charge < -0.3 is 24.6 Å². The molecular formula is C23H23F2N3O5. The van der Waals surface area contributed by atoms with Crippen LogP contribution in [0.1, 0.15) is 52.1 Å². The largest absolute Gasteiger partial charge is 0.503 e. The molecule has 2 fully saturated rings. The first-order valence-corrected chi connectivity index (χ1v) is 11.0. The van der Waals surface area contributed by atoms with E-state index in [1.807, 2.05) is 0 Å². The Bertz CT molecular complexity index is 1200. The van der Waals surface area contributed by atoms with Gasteiger partial charge in [-0.2, -0.15) is 0 Å². The second-order valence-corrected chi connectivity index (χ2v) is 8.75. The van der Waals surface area contributed by atoms with Crippen molar-refractivity contribution in [1.29, 1.82) is 0 Å². The minimum absolute atomic E-state index is 0.00170. The summed E-state index contributed by atoms with van der Waals surface area (Å²) in [5, 5.41) is 13.0. The first-order chi connectivity index (χ1) is 15.8. The van der Waals surface area contributed by atoms with Crippen molar-refractivity contribution in [3.63, 3.8) is 0 Å². The molecule has 2 aromatic rings. The van der Waals surface area contributed by atoms with Crippen LogP contribution in [-0.4, -0.2) is 45.3 Å². The molecule has 2 amide bonds. The van der Waals surface area contributed by atoms with E-state index in [0.29, 0.717) is 12.7 Å². The van der Waals surface area contributed by atoms with E-state index in [1.54, 1.807) is 4.90 Å². The fraction of sp³-hybridized carbons (Fsp3) is 0.435. The van der Waals surface area contributed by atoms with Crippen LogP contribution in [0.5, 0.6) is 5.75 Å². The fourth-order valence-corrected chi connectivity index (χ4v) is 5.11. The van der Waals surface area contributed by atoms with Gasteiger partial charge in [0.1, 0.15) is 17.2 Å². The maximum Gasteiger partial charge on any atom is 0.276 e. The van der Waals surface area contributed by atoms with Crippen LogP contribution in [0.15, 0.2) is 29.2 Å². The number of pyridine rings is 1. The van der Waals surface area contributed by atoms with E-state index in [2.05, 4.69) is 5.32 Å². The first-order valence-electron chi connectivity index (χ1n) is 11.0. The summed E-state index contributed by atoms with van der Waals surface area (Å²) < 4.78 is 34.2. The smallest absolute Gasteiger partial charge is 0.276 e. The van der Waals surface area contributed by atoms with Crippen LogP contribution >= 0.6 is 0 Å². The molecule has 8 nitrogen and oxygen atoms in total. The van der Waals surface area contributed by atoms with E-state index < -0.39 is 40.9 Å². The van der Waals surface area contributed by atoms with Gasteiger partial charge in [-0.05, 0) is 18.9 Å². The molecule has 10 heteroatoms.